The molecule has 0 aliphatic rings. The van der Waals surface area contributed by atoms with Crippen LogP contribution in [-0.4, -0.2) is 23.4 Å². The number of hydrogen-bond donors (Lipinski definition) is 1. The van der Waals surface area contributed by atoms with E-state index in [0.29, 0.717) is 23.5 Å². The van der Waals surface area contributed by atoms with Crippen LogP contribution in [0.4, 0.5) is 11.4 Å². The zero-order valence-electron chi connectivity index (χ0n) is 16.3. The van der Waals surface area contributed by atoms with E-state index in [2.05, 4.69) is 5.32 Å². The highest BCUT2D eigenvalue weighted by Gasteiger charge is 2.17. The number of amides is 1. The van der Waals surface area contributed by atoms with E-state index in [-0.39, 0.29) is 17.8 Å². The van der Waals surface area contributed by atoms with Gasteiger partial charge in [-0.3, -0.25) is 19.7 Å². The second-order valence-electron chi connectivity index (χ2n) is 6.62. The number of ether oxygens (including phenoxy) is 1. The van der Waals surface area contributed by atoms with E-state index in [0.717, 1.165) is 5.56 Å². The topological polar surface area (TPSA) is 112 Å². The first-order chi connectivity index (χ1) is 14.4. The van der Waals surface area contributed by atoms with Crippen molar-refractivity contribution in [2.24, 2.45) is 0 Å². The molecule has 2 aromatic carbocycles. The second-order valence-corrected chi connectivity index (χ2v) is 6.62. The van der Waals surface area contributed by atoms with Gasteiger partial charge in [-0.25, -0.2) is 0 Å². The number of benzene rings is 2. The molecule has 8 heteroatoms. The minimum atomic E-state index is -0.653. The van der Waals surface area contributed by atoms with Crippen LogP contribution < -0.4 is 5.32 Å². The van der Waals surface area contributed by atoms with Crippen LogP contribution >= 0.6 is 0 Å². The van der Waals surface area contributed by atoms with Crippen LogP contribution in [0.3, 0.4) is 0 Å². The van der Waals surface area contributed by atoms with E-state index >= 15 is 0 Å². The highest BCUT2D eigenvalue weighted by atomic mass is 16.6. The Balaban J connectivity index is 1.47. The number of nitro benzene ring substituents is 1. The third-order valence-electron chi connectivity index (χ3n) is 4.28. The Kier molecular flexibility index (Phi) is 6.59. The van der Waals surface area contributed by atoms with Crippen LogP contribution in [0.25, 0.3) is 11.3 Å². The van der Waals surface area contributed by atoms with Gasteiger partial charge < -0.3 is 14.5 Å². The Morgan fingerprint density at radius 1 is 1.10 bits per heavy atom. The normalized spacial score (nSPS) is 10.4. The summed E-state index contributed by atoms with van der Waals surface area (Å²) in [6, 6.07) is 17.6. The predicted octanol–water partition coefficient (Wildman–Crippen LogP) is 4.28. The van der Waals surface area contributed by atoms with Crippen LogP contribution in [0.5, 0.6) is 0 Å². The first kappa shape index (κ1) is 20.8. The fourth-order valence-corrected chi connectivity index (χ4v) is 2.80. The third kappa shape index (κ3) is 5.54. The van der Waals surface area contributed by atoms with Gasteiger partial charge in [-0.15, -0.1) is 0 Å². The maximum absolute atomic E-state index is 12.0. The third-order valence-corrected chi connectivity index (χ3v) is 4.28. The molecule has 154 valence electrons. The van der Waals surface area contributed by atoms with Crippen molar-refractivity contribution in [1.29, 1.82) is 0 Å². The largest absolute Gasteiger partial charge is 0.461 e. The molecule has 0 aliphatic carbocycles. The zero-order chi connectivity index (χ0) is 21.5. The van der Waals surface area contributed by atoms with Crippen molar-refractivity contribution in [2.75, 3.05) is 11.9 Å². The first-order valence-electron chi connectivity index (χ1n) is 9.27. The van der Waals surface area contributed by atoms with E-state index in [4.69, 9.17) is 9.15 Å². The molecule has 0 unspecified atom stereocenters. The van der Waals surface area contributed by atoms with Crippen molar-refractivity contribution < 1.29 is 23.7 Å². The lowest BCUT2D eigenvalue weighted by Crippen LogP contribution is -2.21. The Bertz CT molecular complexity index is 1060. The quantitative estimate of drug-likeness (QED) is 0.338. The molecule has 1 N–H and O–H groups in total. The van der Waals surface area contributed by atoms with Crippen LogP contribution in [-0.2, 0) is 20.7 Å². The number of nitrogens with one attached hydrogen (secondary N) is 1. The average molecular weight is 408 g/mol. The van der Waals surface area contributed by atoms with Gasteiger partial charge in [0.1, 0.15) is 17.2 Å². The molecular formula is C22H20N2O6. The molecule has 3 aromatic rings. The van der Waals surface area contributed by atoms with E-state index < -0.39 is 23.4 Å². The summed E-state index contributed by atoms with van der Waals surface area (Å²) in [5.74, 6) is 0.115. The number of nitro groups is 1. The summed E-state index contributed by atoms with van der Waals surface area (Å²) >= 11 is 0. The number of rotatable bonds is 8. The monoisotopic (exact) mass is 408 g/mol. The van der Waals surface area contributed by atoms with Crippen LogP contribution in [0.15, 0.2) is 65.1 Å². The Labute approximate surface area is 172 Å². The summed E-state index contributed by atoms with van der Waals surface area (Å²) in [5, 5.41) is 13.5. The zero-order valence-corrected chi connectivity index (χ0v) is 16.3. The molecule has 0 atom stereocenters. The van der Waals surface area contributed by atoms with Crippen molar-refractivity contribution >= 4 is 23.3 Å². The fourth-order valence-electron chi connectivity index (χ4n) is 2.80. The number of carbonyl (C=O) groups excluding carboxylic acids is 2. The molecule has 1 aromatic heterocycles. The number of aryl methyl sites for hydroxylation is 2. The van der Waals surface area contributed by atoms with Gasteiger partial charge in [0.2, 0.25) is 0 Å². The van der Waals surface area contributed by atoms with E-state index in [9.17, 15) is 19.7 Å². The molecule has 1 heterocycles. The van der Waals surface area contributed by atoms with Crippen molar-refractivity contribution in [3.63, 3.8) is 0 Å². The molecule has 0 spiro atoms. The summed E-state index contributed by atoms with van der Waals surface area (Å²) in [6.07, 6.45) is 0.371. The molecule has 1 amide bonds. The van der Waals surface area contributed by atoms with Gasteiger partial charge in [0.05, 0.1) is 11.3 Å². The van der Waals surface area contributed by atoms with E-state index in [1.165, 1.54) is 12.1 Å². The summed E-state index contributed by atoms with van der Waals surface area (Å²) in [6.45, 7) is 1.18. The molecule has 3 rings (SSSR count). The van der Waals surface area contributed by atoms with Crippen LogP contribution in [0, 0.1) is 17.0 Å². The molecule has 0 saturated heterocycles. The Morgan fingerprint density at radius 3 is 2.60 bits per heavy atom. The number of carbonyl (C=O) groups is 2. The minimum absolute atomic E-state index is 0.0414. The van der Waals surface area contributed by atoms with Gasteiger partial charge >= 0.3 is 5.97 Å². The molecule has 0 aliphatic heterocycles. The summed E-state index contributed by atoms with van der Waals surface area (Å²) < 4.78 is 10.7. The maximum atomic E-state index is 12.0. The molecule has 30 heavy (non-hydrogen) atoms. The highest BCUT2D eigenvalue weighted by molar-refractivity contribution is 5.94. The molecule has 8 nitrogen and oxygen atoms in total. The number of anilines is 1. The SMILES string of the molecule is Cc1ccc(NC(=O)COC(=O)CCc2ccc(-c3ccccc3)o2)c([N+](=O)[O-])c1. The molecule has 0 radical (unpaired) electrons. The molecule has 0 saturated carbocycles. The number of furan rings is 1. The lowest BCUT2D eigenvalue weighted by molar-refractivity contribution is -0.384. The number of nitrogens with zero attached hydrogens (tertiary/aromatic N) is 1. The minimum Gasteiger partial charge on any atom is -0.461 e. The number of hydrogen-bond acceptors (Lipinski definition) is 6. The van der Waals surface area contributed by atoms with E-state index in [1.54, 1.807) is 19.1 Å². The summed E-state index contributed by atoms with van der Waals surface area (Å²) in [4.78, 5) is 34.4. The van der Waals surface area contributed by atoms with Crippen LogP contribution in [0.1, 0.15) is 17.7 Å². The lowest BCUT2D eigenvalue weighted by atomic mass is 10.2. The smallest absolute Gasteiger partial charge is 0.306 e. The van der Waals surface area contributed by atoms with Gasteiger partial charge in [0.15, 0.2) is 6.61 Å². The van der Waals surface area contributed by atoms with Gasteiger partial charge in [-0.1, -0.05) is 36.4 Å². The first-order valence-corrected chi connectivity index (χ1v) is 9.27. The van der Waals surface area contributed by atoms with Crippen molar-refractivity contribution in [1.82, 2.24) is 0 Å². The van der Waals surface area contributed by atoms with Gasteiger partial charge in [0, 0.05) is 18.1 Å². The van der Waals surface area contributed by atoms with Crippen LogP contribution in [0.2, 0.25) is 0 Å². The standard InChI is InChI=1S/C22H20N2O6/c1-15-7-10-18(19(13-15)24(27)28)23-21(25)14-29-22(26)12-9-17-8-11-20(30-17)16-5-3-2-4-6-16/h2-8,10-11,13H,9,12,14H2,1H3,(H,23,25). The Hall–Kier alpha value is -3.94. The summed E-state index contributed by atoms with van der Waals surface area (Å²) in [5.41, 5.74) is 1.46. The molecule has 0 fully saturated rings. The van der Waals surface area contributed by atoms with Crippen molar-refractivity contribution in [3.8, 4) is 11.3 Å². The lowest BCUT2D eigenvalue weighted by Gasteiger charge is -2.07. The average Bonchev–Trinajstić information content (AvgIpc) is 3.21. The maximum Gasteiger partial charge on any atom is 0.306 e. The molecular weight excluding hydrogens is 388 g/mol. The second kappa shape index (κ2) is 9.51. The van der Waals surface area contributed by atoms with E-state index in [1.807, 2.05) is 36.4 Å². The highest BCUT2D eigenvalue weighted by Crippen LogP contribution is 2.25. The van der Waals surface area contributed by atoms with Gasteiger partial charge in [-0.05, 0) is 30.7 Å². The molecule has 0 bridgehead atoms. The number of esters is 1. The van der Waals surface area contributed by atoms with Crippen molar-refractivity contribution in [3.05, 3.63) is 82.1 Å². The van der Waals surface area contributed by atoms with Gasteiger partial charge in [-0.2, -0.15) is 0 Å². The fraction of sp³-hybridized carbons (Fsp3) is 0.182. The Morgan fingerprint density at radius 2 is 1.87 bits per heavy atom. The predicted molar refractivity (Wildman–Crippen MR) is 110 cm³/mol. The van der Waals surface area contributed by atoms with Crippen molar-refractivity contribution in [2.45, 2.75) is 19.8 Å². The van der Waals surface area contributed by atoms with Gasteiger partial charge in [0.25, 0.3) is 11.6 Å². The summed E-state index contributed by atoms with van der Waals surface area (Å²) in [7, 11) is 0.